The number of aliphatic hydroxyl groups excluding tert-OH is 1. The van der Waals surface area contributed by atoms with Crippen LogP contribution in [0, 0.1) is 0 Å². The van der Waals surface area contributed by atoms with Crippen molar-refractivity contribution in [1.29, 1.82) is 0 Å². The predicted molar refractivity (Wildman–Crippen MR) is 116 cm³/mol. The summed E-state index contributed by atoms with van der Waals surface area (Å²) < 4.78 is 5.59. The lowest BCUT2D eigenvalue weighted by molar-refractivity contribution is -0.137. The van der Waals surface area contributed by atoms with Gasteiger partial charge in [0.15, 0.2) is 0 Å². The minimum absolute atomic E-state index is 0.0795. The molecular weight excluding hydrogens is 410 g/mol. The molecule has 2 aromatic rings. The van der Waals surface area contributed by atoms with Gasteiger partial charge in [0.2, 0.25) is 0 Å². The van der Waals surface area contributed by atoms with Gasteiger partial charge >= 0.3 is 0 Å². The molecule has 3 rings (SSSR count). The molecule has 7 heteroatoms. The number of aliphatic hydroxyl groups is 1. The Bertz CT molecular complexity index is 909. The molecule has 152 valence electrons. The number of hydrogen-bond acceptors (Lipinski definition) is 5. The van der Waals surface area contributed by atoms with Crippen LogP contribution in [0.1, 0.15) is 24.5 Å². The summed E-state index contributed by atoms with van der Waals surface area (Å²) >= 11 is 7.12. The molecule has 1 heterocycles. The molecule has 0 aromatic heterocycles. The number of carbonyl (C=O) groups is 2. The quantitative estimate of drug-likeness (QED) is 0.604. The zero-order valence-corrected chi connectivity index (χ0v) is 17.6. The number of benzene rings is 2. The lowest BCUT2D eigenvalue weighted by Gasteiger charge is -2.15. The summed E-state index contributed by atoms with van der Waals surface area (Å²) in [4.78, 5) is 27.7. The fourth-order valence-corrected chi connectivity index (χ4v) is 3.95. The molecule has 5 nitrogen and oxygen atoms in total. The Labute approximate surface area is 179 Å². The lowest BCUT2D eigenvalue weighted by atomic mass is 10.1. The van der Waals surface area contributed by atoms with Gasteiger partial charge in [-0.05, 0) is 41.8 Å². The number of hydrogen-bond donors (Lipinski definition) is 1. The van der Waals surface area contributed by atoms with Gasteiger partial charge in [-0.3, -0.25) is 14.5 Å². The minimum Gasteiger partial charge on any atom is -0.494 e. The number of halogens is 1. The highest BCUT2D eigenvalue weighted by Gasteiger charge is 2.39. The fraction of sp³-hybridized carbons (Fsp3) is 0.273. The molecular formula is C22H22ClNO4S. The van der Waals surface area contributed by atoms with E-state index in [9.17, 15) is 14.7 Å². The molecule has 1 N–H and O–H groups in total. The SMILES string of the molecule is CCCOc1ccc(C2=C(SCCO)C(=O)N(Cc3ccc(Cl)cc3)C2=O)cc1. The number of imide groups is 1. The molecule has 0 radical (unpaired) electrons. The van der Waals surface area contributed by atoms with Gasteiger partial charge in [-0.15, -0.1) is 11.8 Å². The van der Waals surface area contributed by atoms with E-state index in [0.717, 1.165) is 17.7 Å². The second kappa shape index (κ2) is 9.96. The van der Waals surface area contributed by atoms with Crippen molar-refractivity contribution in [3.63, 3.8) is 0 Å². The number of thioether (sulfide) groups is 1. The molecule has 29 heavy (non-hydrogen) atoms. The van der Waals surface area contributed by atoms with Crippen LogP contribution < -0.4 is 4.74 Å². The van der Waals surface area contributed by atoms with Gasteiger partial charge in [-0.1, -0.05) is 42.8 Å². The van der Waals surface area contributed by atoms with Crippen molar-refractivity contribution in [2.75, 3.05) is 19.0 Å². The maximum Gasteiger partial charge on any atom is 0.268 e. The average molecular weight is 432 g/mol. The van der Waals surface area contributed by atoms with E-state index in [1.807, 2.05) is 6.92 Å². The van der Waals surface area contributed by atoms with E-state index in [-0.39, 0.29) is 25.0 Å². The molecule has 0 spiro atoms. The van der Waals surface area contributed by atoms with E-state index in [1.165, 1.54) is 16.7 Å². The third-order valence-corrected chi connectivity index (χ3v) is 5.64. The maximum atomic E-state index is 13.1. The van der Waals surface area contributed by atoms with E-state index < -0.39 is 0 Å². The first kappa shape index (κ1) is 21.4. The molecule has 0 fully saturated rings. The van der Waals surface area contributed by atoms with Crippen molar-refractivity contribution >= 4 is 40.8 Å². The minimum atomic E-state index is -0.343. The zero-order chi connectivity index (χ0) is 20.8. The van der Waals surface area contributed by atoms with Crippen molar-refractivity contribution < 1.29 is 19.4 Å². The van der Waals surface area contributed by atoms with Crippen LogP contribution in [0.25, 0.3) is 5.57 Å². The Morgan fingerprint density at radius 3 is 2.34 bits per heavy atom. The molecule has 2 aromatic carbocycles. The van der Waals surface area contributed by atoms with E-state index in [0.29, 0.717) is 33.4 Å². The molecule has 1 aliphatic heterocycles. The van der Waals surface area contributed by atoms with Crippen molar-refractivity contribution in [3.05, 3.63) is 69.6 Å². The molecule has 0 aliphatic carbocycles. The highest BCUT2D eigenvalue weighted by atomic mass is 35.5. The van der Waals surface area contributed by atoms with Gasteiger partial charge in [-0.25, -0.2) is 0 Å². The Balaban J connectivity index is 1.88. The first-order chi connectivity index (χ1) is 14.0. The third-order valence-electron chi connectivity index (χ3n) is 4.33. The van der Waals surface area contributed by atoms with Gasteiger partial charge in [0.25, 0.3) is 11.8 Å². The lowest BCUT2D eigenvalue weighted by Crippen LogP contribution is -2.30. The Kier molecular flexibility index (Phi) is 7.36. The van der Waals surface area contributed by atoms with Gasteiger partial charge in [0, 0.05) is 10.8 Å². The van der Waals surface area contributed by atoms with Gasteiger partial charge < -0.3 is 9.84 Å². The summed E-state index contributed by atoms with van der Waals surface area (Å²) in [5, 5.41) is 9.79. The van der Waals surface area contributed by atoms with Gasteiger partial charge in [0.05, 0.1) is 30.2 Å². The van der Waals surface area contributed by atoms with Crippen LogP contribution in [-0.4, -0.2) is 40.8 Å². The summed E-state index contributed by atoms with van der Waals surface area (Å²) in [6, 6.07) is 14.2. The molecule has 0 bridgehead atoms. The summed E-state index contributed by atoms with van der Waals surface area (Å²) in [5.74, 6) is 0.373. The standard InChI is InChI=1S/C22H22ClNO4S/c1-2-12-28-18-9-5-16(6-10-18)19-20(29-13-11-25)22(27)24(21(19)26)14-15-3-7-17(23)8-4-15/h3-10,25H,2,11-14H2,1H3. The molecule has 1 aliphatic rings. The number of carbonyl (C=O) groups excluding carboxylic acids is 2. The highest BCUT2D eigenvalue weighted by Crippen LogP contribution is 2.37. The van der Waals surface area contributed by atoms with Crippen LogP contribution in [-0.2, 0) is 16.1 Å². The Morgan fingerprint density at radius 2 is 1.72 bits per heavy atom. The second-order valence-electron chi connectivity index (χ2n) is 6.47. The summed E-state index contributed by atoms with van der Waals surface area (Å²) in [6.07, 6.45) is 0.904. The number of rotatable bonds is 9. The second-order valence-corrected chi connectivity index (χ2v) is 8.01. The topological polar surface area (TPSA) is 66.8 Å². The van der Waals surface area contributed by atoms with Crippen LogP contribution >= 0.6 is 23.4 Å². The van der Waals surface area contributed by atoms with Crippen LogP contribution in [0.15, 0.2) is 53.4 Å². The van der Waals surface area contributed by atoms with Crippen LogP contribution in [0.4, 0.5) is 0 Å². The van der Waals surface area contributed by atoms with Crippen molar-refractivity contribution in [1.82, 2.24) is 4.90 Å². The average Bonchev–Trinajstić information content (AvgIpc) is 2.96. The number of amides is 2. The Morgan fingerprint density at radius 1 is 1.03 bits per heavy atom. The maximum absolute atomic E-state index is 13.1. The molecule has 0 unspecified atom stereocenters. The predicted octanol–water partition coefficient (Wildman–Crippen LogP) is 4.13. The van der Waals surface area contributed by atoms with Crippen molar-refractivity contribution in [3.8, 4) is 5.75 Å². The number of nitrogens with zero attached hydrogens (tertiary/aromatic N) is 1. The van der Waals surface area contributed by atoms with Crippen LogP contribution in [0.3, 0.4) is 0 Å². The largest absolute Gasteiger partial charge is 0.494 e. The molecule has 0 atom stereocenters. The van der Waals surface area contributed by atoms with E-state index in [4.69, 9.17) is 16.3 Å². The zero-order valence-electron chi connectivity index (χ0n) is 16.1. The monoisotopic (exact) mass is 431 g/mol. The van der Waals surface area contributed by atoms with E-state index in [1.54, 1.807) is 48.5 Å². The van der Waals surface area contributed by atoms with Gasteiger partial charge in [0.1, 0.15) is 5.75 Å². The summed E-state index contributed by atoms with van der Waals surface area (Å²) in [6.45, 7) is 2.73. The first-order valence-electron chi connectivity index (χ1n) is 9.37. The van der Waals surface area contributed by atoms with Crippen molar-refractivity contribution in [2.45, 2.75) is 19.9 Å². The van der Waals surface area contributed by atoms with Gasteiger partial charge in [-0.2, -0.15) is 0 Å². The molecule has 2 amide bonds. The Hall–Kier alpha value is -2.28. The smallest absolute Gasteiger partial charge is 0.268 e. The molecule has 0 saturated carbocycles. The normalized spacial score (nSPS) is 14.1. The summed E-state index contributed by atoms with van der Waals surface area (Å²) in [5.41, 5.74) is 1.84. The van der Waals surface area contributed by atoms with Crippen LogP contribution in [0.2, 0.25) is 5.02 Å². The summed E-state index contributed by atoms with van der Waals surface area (Å²) in [7, 11) is 0. The fourth-order valence-electron chi connectivity index (χ4n) is 2.94. The first-order valence-corrected chi connectivity index (χ1v) is 10.7. The van der Waals surface area contributed by atoms with Crippen molar-refractivity contribution in [2.24, 2.45) is 0 Å². The molecule has 0 saturated heterocycles. The highest BCUT2D eigenvalue weighted by molar-refractivity contribution is 8.04. The van der Waals surface area contributed by atoms with Crippen LogP contribution in [0.5, 0.6) is 5.75 Å². The third kappa shape index (κ3) is 5.01. The van der Waals surface area contributed by atoms with E-state index in [2.05, 4.69) is 0 Å². The number of ether oxygens (including phenoxy) is 1. The van der Waals surface area contributed by atoms with E-state index >= 15 is 0 Å².